The van der Waals surface area contributed by atoms with Crippen molar-refractivity contribution in [3.05, 3.63) is 47.8 Å². The third kappa shape index (κ3) is 3.95. The van der Waals surface area contributed by atoms with Crippen LogP contribution in [-0.4, -0.2) is 46.0 Å². The minimum Gasteiger partial charge on any atom is -0.336 e. The zero-order valence-corrected chi connectivity index (χ0v) is 14.3. The number of hydrogen-bond donors (Lipinski definition) is 1. The van der Waals surface area contributed by atoms with Crippen molar-refractivity contribution in [1.29, 1.82) is 0 Å². The van der Waals surface area contributed by atoms with Crippen molar-refractivity contribution in [3.8, 4) is 0 Å². The van der Waals surface area contributed by atoms with Crippen molar-refractivity contribution in [2.24, 2.45) is 7.05 Å². The minimum absolute atomic E-state index is 0.127. The molecular weight excluding hydrogens is 308 g/mol. The van der Waals surface area contributed by atoms with Crippen molar-refractivity contribution in [3.63, 3.8) is 0 Å². The van der Waals surface area contributed by atoms with Crippen LogP contribution in [0.5, 0.6) is 0 Å². The average Bonchev–Trinajstić information content (AvgIpc) is 2.97. The van der Waals surface area contributed by atoms with Crippen molar-refractivity contribution in [2.75, 3.05) is 19.6 Å². The summed E-state index contributed by atoms with van der Waals surface area (Å²) in [4.78, 5) is 18.9. The van der Waals surface area contributed by atoms with Crippen molar-refractivity contribution < 1.29 is 4.79 Å². The maximum Gasteiger partial charge on any atom is 0.253 e. The summed E-state index contributed by atoms with van der Waals surface area (Å²) >= 11 is 1.68. The van der Waals surface area contributed by atoms with E-state index < -0.39 is 0 Å². The molecule has 23 heavy (non-hydrogen) atoms. The van der Waals surface area contributed by atoms with Gasteiger partial charge in [-0.05, 0) is 24.6 Å². The zero-order chi connectivity index (χ0) is 16.2. The zero-order valence-electron chi connectivity index (χ0n) is 13.5. The van der Waals surface area contributed by atoms with Gasteiger partial charge in [0.25, 0.3) is 5.91 Å². The summed E-state index contributed by atoms with van der Waals surface area (Å²) in [7, 11) is 1.99. The highest BCUT2D eigenvalue weighted by molar-refractivity contribution is 7.98. The molecule has 0 saturated carbocycles. The number of aromatic nitrogens is 2. The lowest BCUT2D eigenvalue weighted by atomic mass is 10.1. The van der Waals surface area contributed by atoms with E-state index in [0.29, 0.717) is 6.04 Å². The molecule has 0 aliphatic carbocycles. The highest BCUT2D eigenvalue weighted by Gasteiger charge is 2.21. The van der Waals surface area contributed by atoms with Crippen LogP contribution in [-0.2, 0) is 12.8 Å². The predicted octanol–water partition coefficient (Wildman–Crippen LogP) is 2.15. The molecular formula is C17H22N4OS. The Kier molecular flexibility index (Phi) is 5.03. The number of benzene rings is 1. The first-order valence-corrected chi connectivity index (χ1v) is 8.84. The largest absolute Gasteiger partial charge is 0.336 e. The molecule has 1 amide bonds. The Morgan fingerprint density at radius 3 is 3.09 bits per heavy atom. The predicted molar refractivity (Wildman–Crippen MR) is 92.6 cm³/mol. The molecule has 1 N–H and O–H groups in total. The summed E-state index contributed by atoms with van der Waals surface area (Å²) in [6.07, 6.45) is 3.74. The van der Waals surface area contributed by atoms with Gasteiger partial charge in [0.1, 0.15) is 0 Å². The topological polar surface area (TPSA) is 50.2 Å². The van der Waals surface area contributed by atoms with Gasteiger partial charge in [0.05, 0.1) is 0 Å². The number of hydrogen-bond acceptors (Lipinski definition) is 4. The Bertz CT molecular complexity index is 685. The molecule has 6 heteroatoms. The van der Waals surface area contributed by atoms with Crippen LogP contribution >= 0.6 is 11.8 Å². The molecule has 1 fully saturated rings. The smallest absolute Gasteiger partial charge is 0.253 e. The molecule has 0 bridgehead atoms. The van der Waals surface area contributed by atoms with E-state index >= 15 is 0 Å². The van der Waals surface area contributed by atoms with E-state index in [1.807, 2.05) is 40.9 Å². The second-order valence-electron chi connectivity index (χ2n) is 5.92. The van der Waals surface area contributed by atoms with Gasteiger partial charge in [0.15, 0.2) is 5.16 Å². The Labute approximate surface area is 141 Å². The van der Waals surface area contributed by atoms with Crippen LogP contribution in [0, 0.1) is 0 Å². The fourth-order valence-electron chi connectivity index (χ4n) is 2.73. The standard InChI is InChI=1S/C17H22N4OS/c1-13-11-21(9-7-18-13)16(22)15-5-3-4-14(10-15)12-23-17-19-6-8-20(17)2/h3-6,8,10,13,18H,7,9,11-12H2,1-2H3/t13-/m1/s1. The SMILES string of the molecule is C[C@@H]1CN(C(=O)c2cccc(CSc3nccn3C)c2)CCN1. The summed E-state index contributed by atoms with van der Waals surface area (Å²) in [5.41, 5.74) is 1.92. The van der Waals surface area contributed by atoms with Crippen LogP contribution in [0.1, 0.15) is 22.8 Å². The van der Waals surface area contributed by atoms with Gasteiger partial charge in [-0.25, -0.2) is 4.98 Å². The number of imidazole rings is 1. The number of aryl methyl sites for hydroxylation is 1. The van der Waals surface area contributed by atoms with Crippen LogP contribution in [0.15, 0.2) is 41.8 Å². The van der Waals surface area contributed by atoms with Gasteiger partial charge in [-0.2, -0.15) is 0 Å². The van der Waals surface area contributed by atoms with Crippen molar-refractivity contribution >= 4 is 17.7 Å². The number of rotatable bonds is 4. The maximum atomic E-state index is 12.7. The van der Waals surface area contributed by atoms with Gasteiger partial charge in [-0.15, -0.1) is 0 Å². The molecule has 1 aliphatic rings. The van der Waals surface area contributed by atoms with Crippen LogP contribution in [0.25, 0.3) is 0 Å². The first-order chi connectivity index (χ1) is 11.1. The van der Waals surface area contributed by atoms with E-state index in [0.717, 1.165) is 41.7 Å². The van der Waals surface area contributed by atoms with Crippen LogP contribution in [0.2, 0.25) is 0 Å². The molecule has 3 rings (SSSR count). The highest BCUT2D eigenvalue weighted by atomic mass is 32.2. The molecule has 0 unspecified atom stereocenters. The normalized spacial score (nSPS) is 18.2. The minimum atomic E-state index is 0.127. The second-order valence-corrected chi connectivity index (χ2v) is 6.86. The van der Waals surface area contributed by atoms with Crippen LogP contribution in [0.3, 0.4) is 0 Å². The third-order valence-corrected chi connectivity index (χ3v) is 5.10. The Balaban J connectivity index is 1.67. The van der Waals surface area contributed by atoms with Gasteiger partial charge < -0.3 is 14.8 Å². The van der Waals surface area contributed by atoms with E-state index in [4.69, 9.17) is 0 Å². The van der Waals surface area contributed by atoms with E-state index in [1.165, 1.54) is 0 Å². The van der Waals surface area contributed by atoms with Crippen molar-refractivity contribution in [2.45, 2.75) is 23.9 Å². The number of carbonyl (C=O) groups excluding carboxylic acids is 1. The molecule has 1 aromatic carbocycles. The highest BCUT2D eigenvalue weighted by Crippen LogP contribution is 2.21. The van der Waals surface area contributed by atoms with Crippen LogP contribution < -0.4 is 5.32 Å². The summed E-state index contributed by atoms with van der Waals surface area (Å²) in [5.74, 6) is 0.936. The molecule has 122 valence electrons. The van der Waals surface area contributed by atoms with Gasteiger partial charge in [0, 0.05) is 56.4 Å². The summed E-state index contributed by atoms with van der Waals surface area (Å²) in [5, 5.41) is 4.35. The van der Waals surface area contributed by atoms with Crippen LogP contribution in [0.4, 0.5) is 0 Å². The molecule has 1 aromatic heterocycles. The lowest BCUT2D eigenvalue weighted by Crippen LogP contribution is -2.51. The molecule has 1 aliphatic heterocycles. The Morgan fingerprint density at radius 2 is 2.35 bits per heavy atom. The molecule has 1 saturated heterocycles. The van der Waals surface area contributed by atoms with Gasteiger partial charge in [-0.1, -0.05) is 23.9 Å². The summed E-state index contributed by atoms with van der Waals surface area (Å²) < 4.78 is 2.00. The van der Waals surface area contributed by atoms with E-state index in [2.05, 4.69) is 23.3 Å². The quantitative estimate of drug-likeness (QED) is 0.873. The average molecular weight is 330 g/mol. The lowest BCUT2D eigenvalue weighted by molar-refractivity contribution is 0.0709. The number of nitrogens with zero attached hydrogens (tertiary/aromatic N) is 3. The Morgan fingerprint density at radius 1 is 1.48 bits per heavy atom. The summed E-state index contributed by atoms with van der Waals surface area (Å²) in [6, 6.07) is 8.30. The fraction of sp³-hybridized carbons (Fsp3) is 0.412. The molecule has 2 aromatic rings. The molecule has 0 spiro atoms. The number of nitrogens with one attached hydrogen (secondary N) is 1. The molecule has 5 nitrogen and oxygen atoms in total. The monoisotopic (exact) mass is 330 g/mol. The fourth-order valence-corrected chi connectivity index (χ4v) is 3.61. The third-order valence-electron chi connectivity index (χ3n) is 3.97. The van der Waals surface area contributed by atoms with Gasteiger partial charge in [0.2, 0.25) is 0 Å². The number of thioether (sulfide) groups is 1. The van der Waals surface area contributed by atoms with E-state index in [-0.39, 0.29) is 5.91 Å². The first kappa shape index (κ1) is 16.1. The number of amides is 1. The van der Waals surface area contributed by atoms with Gasteiger partial charge in [-0.3, -0.25) is 4.79 Å². The van der Waals surface area contributed by atoms with Gasteiger partial charge >= 0.3 is 0 Å². The summed E-state index contributed by atoms with van der Waals surface area (Å²) in [6.45, 7) is 4.52. The van der Waals surface area contributed by atoms with E-state index in [9.17, 15) is 4.79 Å². The first-order valence-electron chi connectivity index (χ1n) is 7.85. The molecule has 2 heterocycles. The van der Waals surface area contributed by atoms with Crippen molar-refractivity contribution in [1.82, 2.24) is 19.8 Å². The lowest BCUT2D eigenvalue weighted by Gasteiger charge is -2.32. The molecule has 0 radical (unpaired) electrons. The van der Waals surface area contributed by atoms with E-state index in [1.54, 1.807) is 18.0 Å². The number of piperazine rings is 1. The second kappa shape index (κ2) is 7.19. The number of carbonyl (C=O) groups is 1. The molecule has 1 atom stereocenters. The maximum absolute atomic E-state index is 12.7. The Hall–Kier alpha value is -1.79.